The van der Waals surface area contributed by atoms with Crippen LogP contribution in [0, 0.1) is 12.8 Å². The fourth-order valence-electron chi connectivity index (χ4n) is 3.26. The fourth-order valence-corrected chi connectivity index (χ4v) is 3.26. The molecule has 1 aromatic carbocycles. The molecule has 0 bridgehead atoms. The van der Waals surface area contributed by atoms with Crippen molar-refractivity contribution in [2.24, 2.45) is 5.92 Å². The normalized spacial score (nSPS) is 15.1. The van der Waals surface area contributed by atoms with Crippen LogP contribution in [0.5, 0.6) is 0 Å². The van der Waals surface area contributed by atoms with Crippen LogP contribution in [0.2, 0.25) is 0 Å². The molecule has 0 radical (unpaired) electrons. The number of hydrogen-bond donors (Lipinski definition) is 2. The number of anilines is 2. The largest absolute Gasteiger partial charge is 0.357 e. The van der Waals surface area contributed by atoms with Gasteiger partial charge in [-0.05, 0) is 55.5 Å². The minimum atomic E-state index is -0.246. The van der Waals surface area contributed by atoms with E-state index in [4.69, 9.17) is 4.98 Å². The average molecular weight is 354 g/mol. The number of nitrogens with zero attached hydrogens (tertiary/aromatic N) is 2. The summed E-state index contributed by atoms with van der Waals surface area (Å²) in [6, 6.07) is 7.85. The molecule has 1 aromatic heterocycles. The number of pyridine rings is 1. The van der Waals surface area contributed by atoms with Crippen LogP contribution in [0.3, 0.4) is 0 Å². The monoisotopic (exact) mass is 354 g/mol. The van der Waals surface area contributed by atoms with E-state index in [1.807, 2.05) is 18.2 Å². The van der Waals surface area contributed by atoms with E-state index < -0.39 is 0 Å². The van der Waals surface area contributed by atoms with Gasteiger partial charge >= 0.3 is 0 Å². The van der Waals surface area contributed by atoms with Gasteiger partial charge in [-0.3, -0.25) is 9.59 Å². The zero-order valence-electron chi connectivity index (χ0n) is 15.6. The van der Waals surface area contributed by atoms with E-state index in [1.54, 1.807) is 0 Å². The predicted octanol–water partition coefficient (Wildman–Crippen LogP) is 2.85. The van der Waals surface area contributed by atoms with Crippen molar-refractivity contribution in [2.75, 3.05) is 29.9 Å². The number of fused-ring (bicyclic) bond motifs is 1. The van der Waals surface area contributed by atoms with Crippen molar-refractivity contribution in [1.29, 1.82) is 0 Å². The van der Waals surface area contributed by atoms with Gasteiger partial charge in [0.05, 0.1) is 12.1 Å². The summed E-state index contributed by atoms with van der Waals surface area (Å²) in [6.45, 7) is 7.84. The van der Waals surface area contributed by atoms with Crippen LogP contribution < -0.4 is 15.5 Å². The van der Waals surface area contributed by atoms with Gasteiger partial charge in [0.1, 0.15) is 5.82 Å². The highest BCUT2D eigenvalue weighted by Gasteiger charge is 2.18. The summed E-state index contributed by atoms with van der Waals surface area (Å²) in [5, 5.41) is 6.32. The summed E-state index contributed by atoms with van der Waals surface area (Å²) >= 11 is 0. The van der Waals surface area contributed by atoms with E-state index in [-0.39, 0.29) is 18.4 Å². The van der Waals surface area contributed by atoms with Crippen molar-refractivity contribution in [3.63, 3.8) is 0 Å². The molecule has 1 fully saturated rings. The molecule has 138 valence electrons. The second-order valence-corrected chi connectivity index (χ2v) is 7.16. The fraction of sp³-hybridized carbons (Fsp3) is 0.450. The predicted molar refractivity (Wildman–Crippen MR) is 104 cm³/mol. The molecule has 6 heteroatoms. The third kappa shape index (κ3) is 4.31. The third-order valence-corrected chi connectivity index (χ3v) is 4.89. The Morgan fingerprint density at radius 1 is 1.23 bits per heavy atom. The molecule has 1 aliphatic rings. The Bertz CT molecular complexity index is 826. The maximum absolute atomic E-state index is 11.9. The Morgan fingerprint density at radius 2 is 1.96 bits per heavy atom. The highest BCUT2D eigenvalue weighted by molar-refractivity contribution is 5.97. The molecular formula is C20H26N4O2. The van der Waals surface area contributed by atoms with Gasteiger partial charge in [-0.2, -0.15) is 0 Å². The van der Waals surface area contributed by atoms with E-state index in [1.165, 1.54) is 19.8 Å². The summed E-state index contributed by atoms with van der Waals surface area (Å²) in [6.07, 6.45) is 2.41. The standard InChI is InChI=1S/C20H26N4O2/c1-13-6-8-24(9-7-13)19-10-14(2)17-11-16(4-5-18(17)23-19)22-20(26)12-21-15(3)25/h4-5,10-11,13H,6-9,12H2,1-3H3,(H,21,25)(H,22,26). The van der Waals surface area contributed by atoms with E-state index in [0.29, 0.717) is 5.69 Å². The summed E-state index contributed by atoms with van der Waals surface area (Å²) in [7, 11) is 0. The molecule has 2 aromatic rings. The quantitative estimate of drug-likeness (QED) is 0.885. The minimum absolute atomic E-state index is 0.0308. The van der Waals surface area contributed by atoms with Crippen LogP contribution in [0.25, 0.3) is 10.9 Å². The molecule has 0 saturated carbocycles. The van der Waals surface area contributed by atoms with Crippen molar-refractivity contribution in [1.82, 2.24) is 10.3 Å². The molecule has 26 heavy (non-hydrogen) atoms. The van der Waals surface area contributed by atoms with Crippen molar-refractivity contribution in [3.05, 3.63) is 29.8 Å². The van der Waals surface area contributed by atoms with Gasteiger partial charge in [0.2, 0.25) is 11.8 Å². The van der Waals surface area contributed by atoms with Gasteiger partial charge in [0.25, 0.3) is 0 Å². The highest BCUT2D eigenvalue weighted by Crippen LogP contribution is 2.27. The highest BCUT2D eigenvalue weighted by atomic mass is 16.2. The Kier molecular flexibility index (Phi) is 5.40. The van der Waals surface area contributed by atoms with Crippen molar-refractivity contribution >= 4 is 34.2 Å². The number of carbonyl (C=O) groups excluding carboxylic acids is 2. The second kappa shape index (κ2) is 7.72. The first-order valence-corrected chi connectivity index (χ1v) is 9.13. The maximum Gasteiger partial charge on any atom is 0.243 e. The number of aryl methyl sites for hydroxylation is 1. The Labute approximate surface area is 154 Å². The van der Waals surface area contributed by atoms with E-state index in [9.17, 15) is 9.59 Å². The summed E-state index contributed by atoms with van der Waals surface area (Å²) in [5.41, 5.74) is 2.78. The first-order chi connectivity index (χ1) is 12.4. The van der Waals surface area contributed by atoms with Crippen molar-refractivity contribution < 1.29 is 9.59 Å². The van der Waals surface area contributed by atoms with Crippen LogP contribution >= 0.6 is 0 Å². The molecule has 0 atom stereocenters. The lowest BCUT2D eigenvalue weighted by molar-refractivity contribution is -0.122. The van der Waals surface area contributed by atoms with Crippen LogP contribution in [0.4, 0.5) is 11.5 Å². The minimum Gasteiger partial charge on any atom is -0.357 e. The Morgan fingerprint density at radius 3 is 2.65 bits per heavy atom. The van der Waals surface area contributed by atoms with Gasteiger partial charge in [0.15, 0.2) is 0 Å². The molecule has 6 nitrogen and oxygen atoms in total. The number of benzene rings is 1. The third-order valence-electron chi connectivity index (χ3n) is 4.89. The zero-order valence-corrected chi connectivity index (χ0v) is 15.6. The summed E-state index contributed by atoms with van der Waals surface area (Å²) in [5.74, 6) is 1.35. The lowest BCUT2D eigenvalue weighted by Gasteiger charge is -2.31. The molecular weight excluding hydrogens is 328 g/mol. The van der Waals surface area contributed by atoms with Gasteiger partial charge in [-0.25, -0.2) is 4.98 Å². The lowest BCUT2D eigenvalue weighted by Crippen LogP contribution is -2.33. The Hall–Kier alpha value is -2.63. The maximum atomic E-state index is 11.9. The number of amides is 2. The first-order valence-electron chi connectivity index (χ1n) is 9.13. The SMILES string of the molecule is CC(=O)NCC(=O)Nc1ccc2nc(N3CCC(C)CC3)cc(C)c2c1. The molecule has 2 N–H and O–H groups in total. The van der Waals surface area contributed by atoms with Crippen LogP contribution in [0.1, 0.15) is 32.3 Å². The first kappa shape index (κ1) is 18.2. The number of nitrogens with one attached hydrogen (secondary N) is 2. The van der Waals surface area contributed by atoms with Gasteiger partial charge in [0, 0.05) is 31.1 Å². The smallest absolute Gasteiger partial charge is 0.243 e. The van der Waals surface area contributed by atoms with Crippen LogP contribution in [0.15, 0.2) is 24.3 Å². The molecule has 1 saturated heterocycles. The molecule has 2 heterocycles. The number of carbonyl (C=O) groups is 2. The van der Waals surface area contributed by atoms with E-state index in [0.717, 1.165) is 41.3 Å². The molecule has 0 unspecified atom stereocenters. The topological polar surface area (TPSA) is 74.3 Å². The van der Waals surface area contributed by atoms with Crippen LogP contribution in [-0.2, 0) is 9.59 Å². The van der Waals surface area contributed by atoms with Gasteiger partial charge in [-0.15, -0.1) is 0 Å². The lowest BCUT2D eigenvalue weighted by atomic mass is 9.99. The number of piperidine rings is 1. The molecule has 3 rings (SSSR count). The van der Waals surface area contributed by atoms with Crippen LogP contribution in [-0.4, -0.2) is 36.4 Å². The van der Waals surface area contributed by atoms with E-state index >= 15 is 0 Å². The van der Waals surface area contributed by atoms with Gasteiger partial charge in [-0.1, -0.05) is 6.92 Å². The number of aromatic nitrogens is 1. The van der Waals surface area contributed by atoms with E-state index in [2.05, 4.69) is 35.4 Å². The zero-order chi connectivity index (χ0) is 18.7. The molecule has 2 amide bonds. The molecule has 1 aliphatic heterocycles. The number of rotatable bonds is 4. The number of hydrogen-bond acceptors (Lipinski definition) is 4. The summed E-state index contributed by atoms with van der Waals surface area (Å²) < 4.78 is 0. The Balaban J connectivity index is 1.78. The van der Waals surface area contributed by atoms with Crippen molar-refractivity contribution in [2.45, 2.75) is 33.6 Å². The second-order valence-electron chi connectivity index (χ2n) is 7.16. The summed E-state index contributed by atoms with van der Waals surface area (Å²) in [4.78, 5) is 30.0. The molecule has 0 aliphatic carbocycles. The van der Waals surface area contributed by atoms with Crippen molar-refractivity contribution in [3.8, 4) is 0 Å². The van der Waals surface area contributed by atoms with Gasteiger partial charge < -0.3 is 15.5 Å². The average Bonchev–Trinajstić information content (AvgIpc) is 2.61. The molecule has 0 spiro atoms.